The van der Waals surface area contributed by atoms with E-state index < -0.39 is 30.7 Å². The number of carbonyl (C=O) groups is 1. The molecule has 0 aromatic heterocycles. The van der Waals surface area contributed by atoms with Gasteiger partial charge in [0.2, 0.25) is 0 Å². The predicted octanol–water partition coefficient (Wildman–Crippen LogP) is 1.67. The largest absolute Gasteiger partial charge is 0.481 e. The van der Waals surface area contributed by atoms with E-state index in [0.717, 1.165) is 0 Å². The average molecular weight is 289 g/mol. The number of halogens is 3. The minimum Gasteiger partial charge on any atom is -0.481 e. The minimum absolute atomic E-state index is 0.0422. The van der Waals surface area contributed by atoms with Crippen molar-refractivity contribution in [2.45, 2.75) is 18.7 Å². The number of hydrogen-bond acceptors (Lipinski definition) is 3. The number of alkyl halides is 3. The van der Waals surface area contributed by atoms with E-state index in [1.165, 1.54) is 4.90 Å². The predicted molar refractivity (Wildman–Crippen MR) is 65.5 cm³/mol. The maximum absolute atomic E-state index is 12.4. The number of β-amino-alcohol motifs (C(OH)–C–C–N with tert-alkyl or cyclic N) is 1. The van der Waals surface area contributed by atoms with Crippen LogP contribution in [0.25, 0.3) is 0 Å². The highest BCUT2D eigenvalue weighted by Crippen LogP contribution is 2.31. The molecule has 2 unspecified atom stereocenters. The van der Waals surface area contributed by atoms with E-state index in [0.29, 0.717) is 11.3 Å². The number of carboxylic acids is 1. The van der Waals surface area contributed by atoms with Gasteiger partial charge < -0.3 is 15.1 Å². The normalized spacial score (nSPS) is 20.4. The molecule has 0 aliphatic carbocycles. The molecule has 7 heteroatoms. The van der Waals surface area contributed by atoms with Crippen molar-refractivity contribution in [1.82, 2.24) is 0 Å². The molecule has 0 saturated heterocycles. The number of fused-ring (bicyclic) bond motifs is 1. The summed E-state index contributed by atoms with van der Waals surface area (Å²) in [7, 11) is 0. The van der Waals surface area contributed by atoms with Crippen molar-refractivity contribution >= 4 is 11.7 Å². The van der Waals surface area contributed by atoms with E-state index in [-0.39, 0.29) is 13.0 Å². The topological polar surface area (TPSA) is 60.8 Å². The molecular formula is C13H14F3NO3. The first-order chi connectivity index (χ1) is 9.29. The van der Waals surface area contributed by atoms with Crippen LogP contribution < -0.4 is 4.90 Å². The summed E-state index contributed by atoms with van der Waals surface area (Å²) in [6.07, 6.45) is -6.93. The molecule has 1 aliphatic heterocycles. The lowest BCUT2D eigenvalue weighted by atomic mass is 9.92. The third-order valence-corrected chi connectivity index (χ3v) is 3.36. The highest BCUT2D eigenvalue weighted by atomic mass is 19.4. The number of rotatable bonds is 3. The van der Waals surface area contributed by atoms with Crippen molar-refractivity contribution in [3.05, 3.63) is 29.8 Å². The van der Waals surface area contributed by atoms with Gasteiger partial charge in [-0.05, 0) is 18.1 Å². The summed E-state index contributed by atoms with van der Waals surface area (Å²) >= 11 is 0. The Morgan fingerprint density at radius 1 is 1.40 bits per heavy atom. The van der Waals surface area contributed by atoms with Crippen molar-refractivity contribution in [3.8, 4) is 0 Å². The van der Waals surface area contributed by atoms with Crippen molar-refractivity contribution in [2.75, 3.05) is 18.0 Å². The van der Waals surface area contributed by atoms with E-state index in [1.54, 1.807) is 24.3 Å². The molecule has 2 atom stereocenters. The van der Waals surface area contributed by atoms with Gasteiger partial charge in [0, 0.05) is 12.2 Å². The summed E-state index contributed by atoms with van der Waals surface area (Å²) < 4.78 is 37.3. The lowest BCUT2D eigenvalue weighted by Gasteiger charge is -2.36. The minimum atomic E-state index is -4.72. The van der Waals surface area contributed by atoms with Crippen LogP contribution in [0.1, 0.15) is 5.56 Å². The molecule has 2 N–H and O–H groups in total. The summed E-state index contributed by atoms with van der Waals surface area (Å²) in [5, 5.41) is 18.2. The van der Waals surface area contributed by atoms with Gasteiger partial charge in [-0.15, -0.1) is 0 Å². The zero-order valence-corrected chi connectivity index (χ0v) is 10.5. The number of aliphatic hydroxyl groups excluding tert-OH is 1. The third-order valence-electron chi connectivity index (χ3n) is 3.36. The highest BCUT2D eigenvalue weighted by molar-refractivity contribution is 5.73. The first-order valence-electron chi connectivity index (χ1n) is 6.09. The second-order valence-electron chi connectivity index (χ2n) is 4.83. The molecule has 1 heterocycles. The molecule has 1 aromatic rings. The highest BCUT2D eigenvalue weighted by Gasteiger charge is 2.41. The average Bonchev–Trinajstić information content (AvgIpc) is 2.37. The summed E-state index contributed by atoms with van der Waals surface area (Å²) in [5.41, 5.74) is 1.23. The quantitative estimate of drug-likeness (QED) is 0.888. The molecule has 110 valence electrons. The van der Waals surface area contributed by atoms with Gasteiger partial charge in [0.1, 0.15) is 0 Å². The lowest BCUT2D eigenvalue weighted by molar-refractivity contribution is -0.200. The number of carboxylic acid groups (broad SMARTS) is 1. The molecule has 0 saturated carbocycles. The maximum atomic E-state index is 12.4. The standard InChI is InChI=1S/C13H14F3NO3/c14-13(15,16)11(18)7-17-6-9(12(19)20)5-8-3-1-2-4-10(8)17/h1-4,9,11,18H,5-7H2,(H,19,20). The van der Waals surface area contributed by atoms with Gasteiger partial charge >= 0.3 is 12.1 Å². The number of hydrogen-bond donors (Lipinski definition) is 2. The summed E-state index contributed by atoms with van der Waals surface area (Å²) in [5.74, 6) is -1.82. The van der Waals surface area contributed by atoms with Crippen molar-refractivity contribution in [1.29, 1.82) is 0 Å². The molecule has 0 spiro atoms. The molecule has 1 aromatic carbocycles. The van der Waals surface area contributed by atoms with E-state index in [4.69, 9.17) is 5.11 Å². The molecular weight excluding hydrogens is 275 g/mol. The fraction of sp³-hybridized carbons (Fsp3) is 0.462. The maximum Gasteiger partial charge on any atom is 0.416 e. The molecule has 0 amide bonds. The van der Waals surface area contributed by atoms with Crippen LogP contribution >= 0.6 is 0 Å². The Morgan fingerprint density at radius 3 is 2.65 bits per heavy atom. The van der Waals surface area contributed by atoms with Crippen LogP contribution in [0.15, 0.2) is 24.3 Å². The monoisotopic (exact) mass is 289 g/mol. The summed E-state index contributed by atoms with van der Waals surface area (Å²) in [6.45, 7) is -0.705. The lowest BCUT2D eigenvalue weighted by Crippen LogP contribution is -2.46. The SMILES string of the molecule is O=C(O)C1Cc2ccccc2N(CC(O)C(F)(F)F)C1. The zero-order chi connectivity index (χ0) is 14.9. The molecule has 20 heavy (non-hydrogen) atoms. The van der Waals surface area contributed by atoms with E-state index in [9.17, 15) is 23.1 Å². The molecule has 0 fully saturated rings. The first-order valence-corrected chi connectivity index (χ1v) is 6.09. The Morgan fingerprint density at radius 2 is 2.05 bits per heavy atom. The summed E-state index contributed by atoms with van der Waals surface area (Å²) in [4.78, 5) is 12.4. The number of aliphatic hydroxyl groups is 1. The van der Waals surface area contributed by atoms with Gasteiger partial charge in [0.05, 0.1) is 12.5 Å². The second kappa shape index (κ2) is 5.32. The fourth-order valence-electron chi connectivity index (χ4n) is 2.34. The van der Waals surface area contributed by atoms with Crippen LogP contribution in [0.4, 0.5) is 18.9 Å². The number of benzene rings is 1. The summed E-state index contributed by atoms with van der Waals surface area (Å²) in [6, 6.07) is 6.71. The smallest absolute Gasteiger partial charge is 0.416 e. The number of anilines is 1. The van der Waals surface area contributed by atoms with Crippen LogP contribution in [0.5, 0.6) is 0 Å². The Labute approximate surface area is 113 Å². The van der Waals surface area contributed by atoms with Gasteiger partial charge in [-0.1, -0.05) is 18.2 Å². The second-order valence-corrected chi connectivity index (χ2v) is 4.83. The molecule has 1 aliphatic rings. The van der Waals surface area contributed by atoms with Gasteiger partial charge in [-0.3, -0.25) is 4.79 Å². The van der Waals surface area contributed by atoms with Crippen molar-refractivity contribution < 1.29 is 28.2 Å². The fourth-order valence-corrected chi connectivity index (χ4v) is 2.34. The van der Waals surface area contributed by atoms with Gasteiger partial charge in [-0.2, -0.15) is 13.2 Å². The van der Waals surface area contributed by atoms with Crippen LogP contribution in [-0.2, 0) is 11.2 Å². The van der Waals surface area contributed by atoms with Crippen LogP contribution in [-0.4, -0.2) is 41.6 Å². The van der Waals surface area contributed by atoms with Gasteiger partial charge in [-0.25, -0.2) is 0 Å². The number of para-hydroxylation sites is 1. The molecule has 2 rings (SSSR count). The van der Waals surface area contributed by atoms with Crippen LogP contribution in [0.2, 0.25) is 0 Å². The molecule has 0 radical (unpaired) electrons. The molecule has 0 bridgehead atoms. The van der Waals surface area contributed by atoms with Gasteiger partial charge in [0.25, 0.3) is 0 Å². The van der Waals surface area contributed by atoms with E-state index in [2.05, 4.69) is 0 Å². The Balaban J connectivity index is 2.25. The number of aliphatic carboxylic acids is 1. The molecule has 4 nitrogen and oxygen atoms in total. The van der Waals surface area contributed by atoms with Crippen molar-refractivity contribution in [3.63, 3.8) is 0 Å². The first kappa shape index (κ1) is 14.6. The zero-order valence-electron chi connectivity index (χ0n) is 10.5. The third kappa shape index (κ3) is 3.04. The van der Waals surface area contributed by atoms with Crippen molar-refractivity contribution in [2.24, 2.45) is 5.92 Å². The van der Waals surface area contributed by atoms with Crippen LogP contribution in [0, 0.1) is 5.92 Å². The Bertz CT molecular complexity index is 504. The Hall–Kier alpha value is -1.76. The van der Waals surface area contributed by atoms with Gasteiger partial charge in [0.15, 0.2) is 6.10 Å². The van der Waals surface area contributed by atoms with E-state index >= 15 is 0 Å². The van der Waals surface area contributed by atoms with E-state index in [1.807, 2.05) is 0 Å². The van der Waals surface area contributed by atoms with Crippen LogP contribution in [0.3, 0.4) is 0 Å². The number of nitrogens with zero attached hydrogens (tertiary/aromatic N) is 1. The Kier molecular flexibility index (Phi) is 3.89.